The van der Waals surface area contributed by atoms with Crippen LogP contribution in [-0.4, -0.2) is 35.1 Å². The first-order chi connectivity index (χ1) is 13.4. The van der Waals surface area contributed by atoms with Crippen LogP contribution in [0.3, 0.4) is 0 Å². The van der Waals surface area contributed by atoms with Gasteiger partial charge in [0.15, 0.2) is 5.58 Å². The van der Waals surface area contributed by atoms with E-state index in [0.717, 1.165) is 11.1 Å². The molecule has 0 aliphatic heterocycles. The number of nitrogens with zero attached hydrogens (tertiary/aromatic N) is 2. The second-order valence-corrected chi connectivity index (χ2v) is 6.87. The fraction of sp³-hybridized carbons (Fsp3) is 0.350. The number of aryl methyl sites for hydroxylation is 1. The minimum absolute atomic E-state index is 0.108. The van der Waals surface area contributed by atoms with E-state index in [1.807, 2.05) is 26.8 Å². The molecule has 0 saturated heterocycles. The van der Waals surface area contributed by atoms with E-state index >= 15 is 0 Å². The van der Waals surface area contributed by atoms with Gasteiger partial charge in [-0.3, -0.25) is 4.79 Å². The van der Waals surface area contributed by atoms with Crippen LogP contribution in [0.1, 0.15) is 26.3 Å². The van der Waals surface area contributed by atoms with E-state index in [4.69, 9.17) is 25.5 Å². The summed E-state index contributed by atoms with van der Waals surface area (Å²) >= 11 is 6.34. The van der Waals surface area contributed by atoms with Gasteiger partial charge >= 0.3 is 0 Å². The molecule has 0 spiro atoms. The predicted molar refractivity (Wildman–Crippen MR) is 107 cm³/mol. The number of hydrogen-bond donors (Lipinski definition) is 1. The lowest BCUT2D eigenvalue weighted by molar-refractivity contribution is -0.119. The van der Waals surface area contributed by atoms with Gasteiger partial charge < -0.3 is 19.2 Å². The van der Waals surface area contributed by atoms with Gasteiger partial charge in [-0.25, -0.2) is 9.97 Å². The fourth-order valence-corrected chi connectivity index (χ4v) is 3.12. The molecule has 3 rings (SSSR count). The van der Waals surface area contributed by atoms with Crippen LogP contribution < -0.4 is 14.8 Å². The molecule has 0 radical (unpaired) electrons. The molecule has 0 fully saturated rings. The summed E-state index contributed by atoms with van der Waals surface area (Å²) in [4.78, 5) is 19.8. The third kappa shape index (κ3) is 4.54. The van der Waals surface area contributed by atoms with Crippen molar-refractivity contribution in [1.29, 1.82) is 0 Å². The summed E-state index contributed by atoms with van der Waals surface area (Å²) in [6.07, 6.45) is 1.59. The summed E-state index contributed by atoms with van der Waals surface area (Å²) in [5.41, 5.74) is 2.82. The normalized spacial score (nSPS) is 12.0. The average Bonchev–Trinajstić information content (AvgIpc) is 3.05. The molecule has 2 aromatic heterocycles. The van der Waals surface area contributed by atoms with Gasteiger partial charge in [0.1, 0.15) is 17.9 Å². The standard InChI is InChI=1S/C20H22ClN3O4/c1-5-26-19-11(2)6-14(7-15(19)21)20-24-16-9-22-18(8-17(16)28-20)27-10-12(3)23-13(4)25/h6-9,12H,5,10H2,1-4H3,(H,23,25)/t12-/m0/s1. The van der Waals surface area contributed by atoms with E-state index in [2.05, 4.69) is 15.3 Å². The van der Waals surface area contributed by atoms with Gasteiger partial charge in [-0.15, -0.1) is 0 Å². The van der Waals surface area contributed by atoms with Gasteiger partial charge in [0.25, 0.3) is 0 Å². The number of fused-ring (bicyclic) bond motifs is 1. The van der Waals surface area contributed by atoms with E-state index in [0.29, 0.717) is 46.9 Å². The van der Waals surface area contributed by atoms with Crippen LogP contribution >= 0.6 is 11.6 Å². The van der Waals surface area contributed by atoms with Crippen molar-refractivity contribution in [3.05, 3.63) is 35.0 Å². The number of halogens is 1. The molecule has 8 heteroatoms. The number of pyridine rings is 1. The molecule has 0 bridgehead atoms. The molecule has 148 valence electrons. The zero-order valence-electron chi connectivity index (χ0n) is 16.2. The second-order valence-electron chi connectivity index (χ2n) is 6.46. The lowest BCUT2D eigenvalue weighted by Gasteiger charge is -2.12. The lowest BCUT2D eigenvalue weighted by atomic mass is 10.1. The van der Waals surface area contributed by atoms with E-state index in [9.17, 15) is 4.79 Å². The minimum Gasteiger partial charge on any atom is -0.492 e. The summed E-state index contributed by atoms with van der Waals surface area (Å²) in [6, 6.07) is 5.23. The summed E-state index contributed by atoms with van der Waals surface area (Å²) in [5.74, 6) is 1.39. The molecule has 1 atom stereocenters. The molecular formula is C20H22ClN3O4. The highest BCUT2D eigenvalue weighted by Crippen LogP contribution is 2.35. The molecule has 28 heavy (non-hydrogen) atoms. The molecule has 2 heterocycles. The van der Waals surface area contributed by atoms with Gasteiger partial charge in [-0.05, 0) is 38.5 Å². The highest BCUT2D eigenvalue weighted by molar-refractivity contribution is 6.32. The van der Waals surface area contributed by atoms with Crippen molar-refractivity contribution >= 4 is 28.6 Å². The Labute approximate surface area is 168 Å². The summed E-state index contributed by atoms with van der Waals surface area (Å²) in [5, 5.41) is 3.26. The lowest BCUT2D eigenvalue weighted by Crippen LogP contribution is -2.35. The Morgan fingerprint density at radius 1 is 1.32 bits per heavy atom. The first kappa shape index (κ1) is 19.9. The van der Waals surface area contributed by atoms with Crippen molar-refractivity contribution in [3.63, 3.8) is 0 Å². The van der Waals surface area contributed by atoms with Crippen molar-refractivity contribution in [2.24, 2.45) is 0 Å². The number of amides is 1. The number of benzene rings is 1. The molecule has 1 N–H and O–H groups in total. The second kappa shape index (κ2) is 8.48. The van der Waals surface area contributed by atoms with Crippen LogP contribution in [0.25, 0.3) is 22.6 Å². The SMILES string of the molecule is CCOc1c(C)cc(-c2nc3cnc(OC[C@H](C)NC(C)=O)cc3o2)cc1Cl. The molecule has 0 saturated carbocycles. The van der Waals surface area contributed by atoms with Crippen molar-refractivity contribution in [1.82, 2.24) is 15.3 Å². The fourth-order valence-electron chi connectivity index (χ4n) is 2.80. The number of carbonyl (C=O) groups excluding carboxylic acids is 1. The first-order valence-corrected chi connectivity index (χ1v) is 9.35. The van der Waals surface area contributed by atoms with Crippen molar-refractivity contribution < 1.29 is 18.7 Å². The number of nitrogens with one attached hydrogen (secondary N) is 1. The van der Waals surface area contributed by atoms with Crippen LogP contribution in [-0.2, 0) is 4.79 Å². The third-order valence-corrected chi connectivity index (χ3v) is 4.23. The zero-order chi connectivity index (χ0) is 20.3. The maximum atomic E-state index is 11.1. The summed E-state index contributed by atoms with van der Waals surface area (Å²) < 4.78 is 17.1. The molecule has 0 unspecified atom stereocenters. The topological polar surface area (TPSA) is 86.5 Å². The number of ether oxygens (including phenoxy) is 2. The highest BCUT2D eigenvalue weighted by Gasteiger charge is 2.15. The highest BCUT2D eigenvalue weighted by atomic mass is 35.5. The molecule has 1 aromatic carbocycles. The smallest absolute Gasteiger partial charge is 0.227 e. The number of aromatic nitrogens is 2. The number of oxazole rings is 1. The van der Waals surface area contributed by atoms with E-state index in [-0.39, 0.29) is 11.9 Å². The maximum Gasteiger partial charge on any atom is 0.227 e. The van der Waals surface area contributed by atoms with Crippen LogP contribution in [0.4, 0.5) is 0 Å². The number of carbonyl (C=O) groups is 1. The maximum absolute atomic E-state index is 11.1. The average molecular weight is 404 g/mol. The van der Waals surface area contributed by atoms with Gasteiger partial charge in [-0.2, -0.15) is 0 Å². The van der Waals surface area contributed by atoms with E-state index < -0.39 is 0 Å². The van der Waals surface area contributed by atoms with Gasteiger partial charge in [-0.1, -0.05) is 11.6 Å². The van der Waals surface area contributed by atoms with Crippen LogP contribution in [0.2, 0.25) is 5.02 Å². The Kier molecular flexibility index (Phi) is 6.04. The van der Waals surface area contributed by atoms with Gasteiger partial charge in [0.05, 0.1) is 23.9 Å². The number of hydrogen-bond acceptors (Lipinski definition) is 6. The summed E-state index contributed by atoms with van der Waals surface area (Å²) in [6.45, 7) is 7.99. The summed E-state index contributed by atoms with van der Waals surface area (Å²) in [7, 11) is 0. The molecule has 1 amide bonds. The predicted octanol–water partition coefficient (Wildman–Crippen LogP) is 4.15. The molecule has 0 aliphatic rings. The van der Waals surface area contributed by atoms with Crippen molar-refractivity contribution in [2.45, 2.75) is 33.7 Å². The quantitative estimate of drug-likeness (QED) is 0.637. The van der Waals surface area contributed by atoms with Crippen molar-refractivity contribution in [2.75, 3.05) is 13.2 Å². The van der Waals surface area contributed by atoms with Crippen LogP contribution in [0.5, 0.6) is 11.6 Å². The van der Waals surface area contributed by atoms with Gasteiger partial charge in [0, 0.05) is 18.6 Å². The number of rotatable bonds is 7. The Hall–Kier alpha value is -2.80. The first-order valence-electron chi connectivity index (χ1n) is 8.97. The molecular weight excluding hydrogens is 382 g/mol. The monoisotopic (exact) mass is 403 g/mol. The Balaban J connectivity index is 1.82. The van der Waals surface area contributed by atoms with Crippen LogP contribution in [0.15, 0.2) is 28.8 Å². The Morgan fingerprint density at radius 3 is 2.79 bits per heavy atom. The minimum atomic E-state index is -0.130. The van der Waals surface area contributed by atoms with Gasteiger partial charge in [0.2, 0.25) is 17.7 Å². The third-order valence-electron chi connectivity index (χ3n) is 3.95. The molecule has 7 nitrogen and oxygen atoms in total. The van der Waals surface area contributed by atoms with E-state index in [1.54, 1.807) is 18.3 Å². The van der Waals surface area contributed by atoms with Crippen LogP contribution in [0, 0.1) is 6.92 Å². The zero-order valence-corrected chi connectivity index (χ0v) is 17.0. The molecule has 3 aromatic rings. The van der Waals surface area contributed by atoms with Crippen molar-refractivity contribution in [3.8, 4) is 23.1 Å². The Bertz CT molecular complexity index is 979. The van der Waals surface area contributed by atoms with E-state index in [1.165, 1.54) is 6.92 Å². The Morgan fingerprint density at radius 2 is 2.11 bits per heavy atom. The molecule has 0 aliphatic carbocycles. The largest absolute Gasteiger partial charge is 0.492 e.